The summed E-state index contributed by atoms with van der Waals surface area (Å²) in [5.74, 6) is -1.06. The standard InChI is InChI=1S/C14H16F3O4P/c1-3-4-5-20-10-6-9(7-18)12(14(15,16)17)8(2)11(10)13(19)21-22/h6-7H,3-5,22H2,1-2H3. The molecule has 4 nitrogen and oxygen atoms in total. The van der Waals surface area contributed by atoms with Gasteiger partial charge in [-0.15, -0.1) is 0 Å². The van der Waals surface area contributed by atoms with E-state index < -0.39 is 28.8 Å². The normalized spacial score (nSPS) is 11.2. The quantitative estimate of drug-likeness (QED) is 0.448. The van der Waals surface area contributed by atoms with Gasteiger partial charge in [-0.1, -0.05) is 13.3 Å². The molecular formula is C14H16F3O4P. The van der Waals surface area contributed by atoms with E-state index in [0.29, 0.717) is 6.42 Å². The minimum Gasteiger partial charge on any atom is -0.493 e. The van der Waals surface area contributed by atoms with Crippen LogP contribution in [0.1, 0.15) is 51.6 Å². The summed E-state index contributed by atoms with van der Waals surface area (Å²) < 4.78 is 49.2. The number of alkyl halides is 3. The topological polar surface area (TPSA) is 52.6 Å². The van der Waals surface area contributed by atoms with Gasteiger partial charge in [0.25, 0.3) is 0 Å². The Morgan fingerprint density at radius 3 is 2.50 bits per heavy atom. The summed E-state index contributed by atoms with van der Waals surface area (Å²) in [5, 5.41) is 0. The summed E-state index contributed by atoms with van der Waals surface area (Å²) in [6, 6.07) is 0.926. The number of carbonyl (C=O) groups excluding carboxylic acids is 2. The molecule has 0 aliphatic carbocycles. The first kappa shape index (κ1) is 18.4. The highest BCUT2D eigenvalue weighted by molar-refractivity contribution is 7.10. The minimum absolute atomic E-state index is 0.0894. The van der Waals surface area contributed by atoms with Crippen molar-refractivity contribution in [3.8, 4) is 5.75 Å². The van der Waals surface area contributed by atoms with Crippen LogP contribution in [0.5, 0.6) is 5.75 Å². The fourth-order valence-electron chi connectivity index (χ4n) is 2.03. The summed E-state index contributed by atoms with van der Waals surface area (Å²) in [5.41, 5.74) is -2.45. The molecule has 0 aliphatic heterocycles. The number of carbonyl (C=O) groups is 2. The smallest absolute Gasteiger partial charge is 0.417 e. The number of ether oxygens (including phenoxy) is 1. The predicted octanol–water partition coefficient (Wildman–Crippen LogP) is 3.95. The zero-order valence-corrected chi connectivity index (χ0v) is 13.3. The third-order valence-electron chi connectivity index (χ3n) is 3.05. The lowest BCUT2D eigenvalue weighted by Crippen LogP contribution is -2.17. The van der Waals surface area contributed by atoms with E-state index in [1.54, 1.807) is 9.47 Å². The molecule has 0 saturated carbocycles. The number of benzene rings is 1. The van der Waals surface area contributed by atoms with Crippen molar-refractivity contribution >= 4 is 21.7 Å². The molecule has 1 unspecified atom stereocenters. The number of halogens is 3. The largest absolute Gasteiger partial charge is 0.493 e. The Morgan fingerprint density at radius 1 is 1.41 bits per heavy atom. The van der Waals surface area contributed by atoms with Crippen molar-refractivity contribution in [2.75, 3.05) is 6.61 Å². The van der Waals surface area contributed by atoms with E-state index in [-0.39, 0.29) is 24.2 Å². The Balaban J connectivity index is 3.53. The number of hydrogen-bond donors (Lipinski definition) is 0. The monoisotopic (exact) mass is 336 g/mol. The fourth-order valence-corrected chi connectivity index (χ4v) is 2.15. The van der Waals surface area contributed by atoms with E-state index in [2.05, 4.69) is 4.52 Å². The van der Waals surface area contributed by atoms with Crippen LogP contribution in [0.25, 0.3) is 0 Å². The molecule has 8 heteroatoms. The van der Waals surface area contributed by atoms with Crippen LogP contribution < -0.4 is 4.74 Å². The average molecular weight is 336 g/mol. The lowest BCUT2D eigenvalue weighted by molar-refractivity contribution is -0.138. The molecule has 1 rings (SSSR count). The lowest BCUT2D eigenvalue weighted by atomic mass is 9.96. The molecule has 0 bridgehead atoms. The van der Waals surface area contributed by atoms with Gasteiger partial charge in [0.05, 0.1) is 21.6 Å². The van der Waals surface area contributed by atoms with E-state index in [9.17, 15) is 22.8 Å². The molecule has 0 spiro atoms. The molecule has 122 valence electrons. The van der Waals surface area contributed by atoms with Gasteiger partial charge in [-0.25, -0.2) is 4.79 Å². The van der Waals surface area contributed by atoms with E-state index >= 15 is 0 Å². The van der Waals surface area contributed by atoms with Gasteiger partial charge in [-0.3, -0.25) is 4.79 Å². The Morgan fingerprint density at radius 2 is 2.05 bits per heavy atom. The van der Waals surface area contributed by atoms with Crippen LogP contribution in [0.2, 0.25) is 0 Å². The zero-order chi connectivity index (χ0) is 16.9. The van der Waals surface area contributed by atoms with Gasteiger partial charge in [-0.05, 0) is 25.0 Å². The fraction of sp³-hybridized carbons (Fsp3) is 0.429. The molecule has 0 saturated heterocycles. The maximum atomic E-state index is 13.1. The maximum Gasteiger partial charge on any atom is 0.417 e. The van der Waals surface area contributed by atoms with E-state index in [0.717, 1.165) is 19.4 Å². The second-order valence-electron chi connectivity index (χ2n) is 4.56. The highest BCUT2D eigenvalue weighted by Crippen LogP contribution is 2.39. The first-order valence-electron chi connectivity index (χ1n) is 6.51. The predicted molar refractivity (Wildman–Crippen MR) is 77.1 cm³/mol. The molecule has 0 amide bonds. The van der Waals surface area contributed by atoms with Crippen molar-refractivity contribution in [2.45, 2.75) is 32.9 Å². The molecular weight excluding hydrogens is 320 g/mol. The first-order chi connectivity index (χ1) is 10.3. The van der Waals surface area contributed by atoms with E-state index in [1.165, 1.54) is 0 Å². The summed E-state index contributed by atoms with van der Waals surface area (Å²) in [4.78, 5) is 22.8. The van der Waals surface area contributed by atoms with Crippen LogP contribution >= 0.6 is 9.47 Å². The summed E-state index contributed by atoms with van der Waals surface area (Å²) in [6.45, 7) is 3.24. The Kier molecular flexibility index (Phi) is 6.35. The van der Waals surface area contributed by atoms with E-state index in [4.69, 9.17) is 4.74 Å². The number of aldehydes is 1. The number of rotatable bonds is 6. The van der Waals surface area contributed by atoms with Crippen molar-refractivity contribution in [3.63, 3.8) is 0 Å². The Hall–Kier alpha value is -1.62. The molecule has 22 heavy (non-hydrogen) atoms. The van der Waals surface area contributed by atoms with Crippen LogP contribution in [-0.2, 0) is 10.7 Å². The van der Waals surface area contributed by atoms with Crippen molar-refractivity contribution in [1.29, 1.82) is 0 Å². The minimum atomic E-state index is -4.77. The van der Waals surface area contributed by atoms with Gasteiger partial charge < -0.3 is 9.26 Å². The SMILES string of the molecule is CCCCOc1cc(C=O)c(C(F)(F)F)c(C)c1C(=O)OP. The van der Waals surface area contributed by atoms with Crippen LogP contribution in [0.3, 0.4) is 0 Å². The highest BCUT2D eigenvalue weighted by atomic mass is 31.0. The lowest BCUT2D eigenvalue weighted by Gasteiger charge is -2.19. The summed E-state index contributed by atoms with van der Waals surface area (Å²) >= 11 is 0. The zero-order valence-electron chi connectivity index (χ0n) is 12.1. The average Bonchev–Trinajstić information content (AvgIpc) is 2.44. The summed E-state index contributed by atoms with van der Waals surface area (Å²) in [7, 11) is 1.69. The molecule has 1 atom stereocenters. The van der Waals surface area contributed by atoms with Gasteiger partial charge in [0, 0.05) is 5.56 Å². The molecule has 0 fully saturated rings. The molecule has 0 N–H and O–H groups in total. The molecule has 0 aromatic heterocycles. The second-order valence-corrected chi connectivity index (χ2v) is 4.80. The third-order valence-corrected chi connectivity index (χ3v) is 3.26. The highest BCUT2D eigenvalue weighted by Gasteiger charge is 2.38. The third kappa shape index (κ3) is 3.97. The van der Waals surface area contributed by atoms with Crippen molar-refractivity contribution < 1.29 is 32.0 Å². The molecule has 0 heterocycles. The number of hydrogen-bond acceptors (Lipinski definition) is 4. The van der Waals surface area contributed by atoms with Gasteiger partial charge in [-0.2, -0.15) is 13.2 Å². The van der Waals surface area contributed by atoms with Crippen molar-refractivity contribution in [1.82, 2.24) is 0 Å². The van der Waals surface area contributed by atoms with Gasteiger partial charge >= 0.3 is 12.1 Å². The molecule has 1 aromatic rings. The van der Waals surface area contributed by atoms with Crippen LogP contribution in [0.4, 0.5) is 13.2 Å². The summed E-state index contributed by atoms with van der Waals surface area (Å²) in [6.07, 6.45) is -3.20. The van der Waals surface area contributed by atoms with Crippen molar-refractivity contribution in [2.24, 2.45) is 0 Å². The second kappa shape index (κ2) is 7.58. The van der Waals surface area contributed by atoms with Crippen LogP contribution in [0, 0.1) is 6.92 Å². The van der Waals surface area contributed by atoms with Crippen LogP contribution in [-0.4, -0.2) is 18.9 Å². The molecule has 1 aromatic carbocycles. The van der Waals surface area contributed by atoms with Gasteiger partial charge in [0.15, 0.2) is 6.29 Å². The van der Waals surface area contributed by atoms with E-state index in [1.807, 2.05) is 6.92 Å². The Labute approximate surface area is 128 Å². The van der Waals surface area contributed by atoms with Crippen molar-refractivity contribution in [3.05, 3.63) is 28.3 Å². The molecule has 0 radical (unpaired) electrons. The van der Waals surface area contributed by atoms with Crippen LogP contribution in [0.15, 0.2) is 6.07 Å². The molecule has 0 aliphatic rings. The number of unbranched alkanes of at least 4 members (excludes halogenated alkanes) is 1. The first-order valence-corrected chi connectivity index (χ1v) is 6.98. The Bertz CT molecular complexity index is 570. The maximum absolute atomic E-state index is 13.1. The van der Waals surface area contributed by atoms with Gasteiger partial charge in [0.1, 0.15) is 11.3 Å². The van der Waals surface area contributed by atoms with Gasteiger partial charge in [0.2, 0.25) is 0 Å².